The molecule has 1 atom stereocenters. The van der Waals surface area contributed by atoms with Gasteiger partial charge in [-0.25, -0.2) is 0 Å². The van der Waals surface area contributed by atoms with E-state index in [4.69, 9.17) is 9.47 Å². The number of aromatic nitrogens is 1. The van der Waals surface area contributed by atoms with Crippen LogP contribution in [0.4, 0.5) is 0 Å². The minimum atomic E-state index is -0.730. The number of hydrogen-bond donors (Lipinski definition) is 1. The third-order valence-corrected chi connectivity index (χ3v) is 5.80. The molecule has 1 aliphatic rings. The average molecular weight is 459 g/mol. The highest BCUT2D eigenvalue weighted by molar-refractivity contribution is 6.46. The van der Waals surface area contributed by atoms with Gasteiger partial charge in [-0.15, -0.1) is 0 Å². The van der Waals surface area contributed by atoms with Gasteiger partial charge >= 0.3 is 0 Å². The van der Waals surface area contributed by atoms with Crippen LogP contribution in [0.1, 0.15) is 28.3 Å². The topological polar surface area (TPSA) is 89.0 Å². The van der Waals surface area contributed by atoms with Crippen molar-refractivity contribution in [2.75, 3.05) is 20.3 Å². The summed E-state index contributed by atoms with van der Waals surface area (Å²) < 4.78 is 11.0. The highest BCUT2D eigenvalue weighted by Gasteiger charge is 2.46. The molecule has 1 N–H and O–H groups in total. The Labute approximate surface area is 198 Å². The van der Waals surface area contributed by atoms with Crippen molar-refractivity contribution in [1.29, 1.82) is 0 Å². The van der Waals surface area contributed by atoms with Crippen molar-refractivity contribution in [2.24, 2.45) is 0 Å². The molecule has 0 bridgehead atoms. The van der Waals surface area contributed by atoms with E-state index in [1.54, 1.807) is 42.7 Å². The normalized spacial score (nSPS) is 17.2. The average Bonchev–Trinajstić information content (AvgIpc) is 3.12. The lowest BCUT2D eigenvalue weighted by Gasteiger charge is -2.25. The van der Waals surface area contributed by atoms with Gasteiger partial charge in [-0.2, -0.15) is 0 Å². The van der Waals surface area contributed by atoms with Crippen molar-refractivity contribution in [3.63, 3.8) is 0 Å². The lowest BCUT2D eigenvalue weighted by Crippen LogP contribution is -2.32. The summed E-state index contributed by atoms with van der Waals surface area (Å²) in [5, 5.41) is 11.3. The van der Waals surface area contributed by atoms with Gasteiger partial charge in [0.15, 0.2) is 0 Å². The number of rotatable bonds is 8. The van der Waals surface area contributed by atoms with Gasteiger partial charge in [-0.1, -0.05) is 30.3 Å². The zero-order chi connectivity index (χ0) is 24.1. The summed E-state index contributed by atoms with van der Waals surface area (Å²) in [5.74, 6) is -0.962. The Morgan fingerprint density at radius 3 is 2.47 bits per heavy atom. The maximum Gasteiger partial charge on any atom is 0.295 e. The third kappa shape index (κ3) is 4.70. The second kappa shape index (κ2) is 10.3. The van der Waals surface area contributed by atoms with Crippen LogP contribution in [0.25, 0.3) is 5.76 Å². The number of nitrogens with zero attached hydrogens (tertiary/aromatic N) is 2. The summed E-state index contributed by atoms with van der Waals surface area (Å²) in [6.45, 7) is 2.72. The van der Waals surface area contributed by atoms with Crippen LogP contribution < -0.4 is 4.74 Å². The Bertz CT molecular complexity index is 1210. The lowest BCUT2D eigenvalue weighted by molar-refractivity contribution is -0.140. The standard InChI is InChI=1S/C27H26N2O5/c1-18-16-21(34-17-19-6-4-3-5-7-19)8-9-22(18)25(30)23-24(20-10-12-28-13-11-20)29(14-15-33-2)27(32)26(23)31/h3-13,16,24,30H,14-15,17H2,1-2H3/b25-23+/t24-/m1/s1. The first-order chi connectivity index (χ1) is 16.5. The van der Waals surface area contributed by atoms with Gasteiger partial charge in [-0.3, -0.25) is 14.6 Å². The van der Waals surface area contributed by atoms with Gasteiger partial charge in [0, 0.05) is 31.6 Å². The Hall–Kier alpha value is -3.97. The van der Waals surface area contributed by atoms with Crippen LogP contribution >= 0.6 is 0 Å². The third-order valence-electron chi connectivity index (χ3n) is 5.80. The van der Waals surface area contributed by atoms with Crippen LogP contribution in [0.15, 0.2) is 78.6 Å². The summed E-state index contributed by atoms with van der Waals surface area (Å²) in [7, 11) is 1.53. The molecule has 1 aromatic heterocycles. The van der Waals surface area contributed by atoms with E-state index in [9.17, 15) is 14.7 Å². The summed E-state index contributed by atoms with van der Waals surface area (Å²) in [6, 6.07) is 17.8. The molecule has 0 radical (unpaired) electrons. The minimum Gasteiger partial charge on any atom is -0.507 e. The molecule has 7 nitrogen and oxygen atoms in total. The second-order valence-electron chi connectivity index (χ2n) is 8.02. The van der Waals surface area contributed by atoms with E-state index in [-0.39, 0.29) is 24.5 Å². The van der Waals surface area contributed by atoms with E-state index in [2.05, 4.69) is 4.98 Å². The van der Waals surface area contributed by atoms with Crippen molar-refractivity contribution >= 4 is 17.4 Å². The Kier molecular flexibility index (Phi) is 7.04. The van der Waals surface area contributed by atoms with Gasteiger partial charge in [0.1, 0.15) is 18.1 Å². The minimum absolute atomic E-state index is 0.0494. The number of hydrogen-bond acceptors (Lipinski definition) is 6. The first-order valence-corrected chi connectivity index (χ1v) is 11.0. The number of carbonyl (C=O) groups is 2. The van der Waals surface area contributed by atoms with Crippen LogP contribution in [-0.4, -0.2) is 46.9 Å². The van der Waals surface area contributed by atoms with Crippen LogP contribution in [0.5, 0.6) is 5.75 Å². The molecule has 0 saturated carbocycles. The quantitative estimate of drug-likeness (QED) is 0.311. The van der Waals surface area contributed by atoms with E-state index in [1.165, 1.54) is 12.0 Å². The number of carbonyl (C=O) groups excluding carboxylic acids is 2. The van der Waals surface area contributed by atoms with E-state index in [1.807, 2.05) is 37.3 Å². The summed E-state index contributed by atoms with van der Waals surface area (Å²) in [5.41, 5.74) is 2.97. The number of amides is 1. The number of pyridine rings is 1. The number of likely N-dealkylation sites (tertiary alicyclic amines) is 1. The molecule has 7 heteroatoms. The molecule has 0 aliphatic carbocycles. The number of ketones is 1. The summed E-state index contributed by atoms with van der Waals surface area (Å²) >= 11 is 0. The maximum atomic E-state index is 13.0. The predicted molar refractivity (Wildman–Crippen MR) is 127 cm³/mol. The number of Topliss-reactive ketones (excluding diaryl/α,β-unsaturated/α-hetero) is 1. The first-order valence-electron chi connectivity index (χ1n) is 11.0. The number of methoxy groups -OCH3 is 1. The molecular weight excluding hydrogens is 432 g/mol. The molecule has 0 spiro atoms. The molecule has 1 saturated heterocycles. The molecular formula is C27H26N2O5. The van der Waals surface area contributed by atoms with E-state index < -0.39 is 17.7 Å². The molecule has 174 valence electrons. The van der Waals surface area contributed by atoms with Gasteiger partial charge < -0.3 is 19.5 Å². The number of aliphatic hydroxyl groups is 1. The maximum absolute atomic E-state index is 13.0. The fourth-order valence-corrected chi connectivity index (χ4v) is 4.07. The number of benzene rings is 2. The van der Waals surface area contributed by atoms with Crippen LogP contribution in [0, 0.1) is 6.92 Å². The van der Waals surface area contributed by atoms with Crippen LogP contribution in [0.2, 0.25) is 0 Å². The molecule has 3 aromatic rings. The molecule has 1 amide bonds. The molecule has 2 aromatic carbocycles. The largest absolute Gasteiger partial charge is 0.507 e. The van der Waals surface area contributed by atoms with Crippen molar-refractivity contribution in [2.45, 2.75) is 19.6 Å². The second-order valence-corrected chi connectivity index (χ2v) is 8.02. The van der Waals surface area contributed by atoms with Gasteiger partial charge in [0.2, 0.25) is 0 Å². The van der Waals surface area contributed by atoms with Crippen LogP contribution in [0.3, 0.4) is 0 Å². The Morgan fingerprint density at radius 2 is 1.79 bits per heavy atom. The fraction of sp³-hybridized carbons (Fsp3) is 0.222. The van der Waals surface area contributed by atoms with Gasteiger partial charge in [0.25, 0.3) is 11.7 Å². The SMILES string of the molecule is COCCN1C(=O)C(=O)/C(=C(/O)c2ccc(OCc3ccccc3)cc2C)[C@H]1c1ccncc1. The van der Waals surface area contributed by atoms with Crippen molar-refractivity contribution < 1.29 is 24.2 Å². The monoisotopic (exact) mass is 458 g/mol. The molecule has 1 aliphatic heterocycles. The van der Waals surface area contributed by atoms with Crippen molar-refractivity contribution in [1.82, 2.24) is 9.88 Å². The molecule has 4 rings (SSSR count). The Balaban J connectivity index is 1.68. The molecule has 34 heavy (non-hydrogen) atoms. The number of aliphatic hydroxyl groups excluding tert-OH is 1. The van der Waals surface area contributed by atoms with Gasteiger partial charge in [-0.05, 0) is 53.9 Å². The lowest BCUT2D eigenvalue weighted by atomic mass is 9.94. The molecule has 2 heterocycles. The van der Waals surface area contributed by atoms with E-state index in [0.717, 1.165) is 11.1 Å². The van der Waals surface area contributed by atoms with Crippen molar-refractivity contribution in [3.05, 3.63) is 101 Å². The molecule has 0 unspecified atom stereocenters. The fourth-order valence-electron chi connectivity index (χ4n) is 4.07. The van der Waals surface area contributed by atoms with Crippen molar-refractivity contribution in [3.8, 4) is 5.75 Å². The Morgan fingerprint density at radius 1 is 1.06 bits per heavy atom. The van der Waals surface area contributed by atoms with Gasteiger partial charge in [0.05, 0.1) is 18.2 Å². The van der Waals surface area contributed by atoms with E-state index >= 15 is 0 Å². The highest BCUT2D eigenvalue weighted by atomic mass is 16.5. The zero-order valence-corrected chi connectivity index (χ0v) is 19.1. The summed E-state index contributed by atoms with van der Waals surface area (Å²) in [6.07, 6.45) is 3.19. The van der Waals surface area contributed by atoms with Crippen LogP contribution in [-0.2, 0) is 20.9 Å². The predicted octanol–water partition coefficient (Wildman–Crippen LogP) is 4.04. The zero-order valence-electron chi connectivity index (χ0n) is 19.1. The first kappa shape index (κ1) is 23.2. The number of aryl methyl sites for hydroxylation is 1. The molecule has 1 fully saturated rings. The smallest absolute Gasteiger partial charge is 0.295 e. The number of ether oxygens (including phenoxy) is 2. The van der Waals surface area contributed by atoms with E-state index in [0.29, 0.717) is 23.5 Å². The highest BCUT2D eigenvalue weighted by Crippen LogP contribution is 2.39. The summed E-state index contributed by atoms with van der Waals surface area (Å²) in [4.78, 5) is 31.3.